The first-order chi connectivity index (χ1) is 8.25. The summed E-state index contributed by atoms with van der Waals surface area (Å²) < 4.78 is 5.12. The first-order valence-electron chi connectivity index (χ1n) is 5.46. The van der Waals surface area contributed by atoms with E-state index in [2.05, 4.69) is 0 Å². The standard InChI is InChI=1S/C13H16ClNO3/c1-13(2,3)11(18-12(15)17)9-6-8(7-16)4-5-10(9)14/h4-7,11H,1-3H3,(H2,15,17). The van der Waals surface area contributed by atoms with Gasteiger partial charge in [-0.3, -0.25) is 4.79 Å². The summed E-state index contributed by atoms with van der Waals surface area (Å²) in [6.07, 6.45) is -0.769. The van der Waals surface area contributed by atoms with Crippen LogP contribution >= 0.6 is 11.6 Å². The minimum Gasteiger partial charge on any atom is -0.441 e. The zero-order chi connectivity index (χ0) is 13.9. The normalized spacial score (nSPS) is 12.9. The molecule has 0 heterocycles. The Kier molecular flexibility index (Phi) is 4.35. The minimum atomic E-state index is -0.873. The van der Waals surface area contributed by atoms with E-state index in [-0.39, 0.29) is 5.41 Å². The van der Waals surface area contributed by atoms with Crippen molar-refractivity contribution in [3.05, 3.63) is 34.3 Å². The maximum atomic E-state index is 11.0. The summed E-state index contributed by atoms with van der Waals surface area (Å²) in [6.45, 7) is 5.68. The second kappa shape index (κ2) is 5.40. The second-order valence-electron chi connectivity index (χ2n) is 5.08. The van der Waals surface area contributed by atoms with Crippen molar-refractivity contribution in [3.8, 4) is 0 Å². The number of carbonyl (C=O) groups excluding carboxylic acids is 2. The van der Waals surface area contributed by atoms with Crippen LogP contribution < -0.4 is 5.73 Å². The van der Waals surface area contributed by atoms with Gasteiger partial charge in [-0.15, -0.1) is 0 Å². The molecule has 1 amide bonds. The van der Waals surface area contributed by atoms with Gasteiger partial charge in [0.05, 0.1) is 0 Å². The van der Waals surface area contributed by atoms with Crippen LogP contribution in [-0.2, 0) is 4.74 Å². The van der Waals surface area contributed by atoms with E-state index in [9.17, 15) is 9.59 Å². The SMILES string of the molecule is CC(C)(C)C(OC(N)=O)c1cc(C=O)ccc1Cl. The molecule has 0 fully saturated rings. The Hall–Kier alpha value is -1.55. The summed E-state index contributed by atoms with van der Waals surface area (Å²) in [6, 6.07) is 4.81. The third-order valence-electron chi connectivity index (χ3n) is 2.46. The molecule has 0 radical (unpaired) electrons. The van der Waals surface area contributed by atoms with E-state index < -0.39 is 12.2 Å². The third-order valence-corrected chi connectivity index (χ3v) is 2.80. The number of halogens is 1. The van der Waals surface area contributed by atoms with Gasteiger partial charge in [0.1, 0.15) is 12.4 Å². The molecule has 1 aromatic carbocycles. The molecule has 1 aromatic rings. The maximum absolute atomic E-state index is 11.0. The van der Waals surface area contributed by atoms with Crippen LogP contribution in [0.4, 0.5) is 4.79 Å². The van der Waals surface area contributed by atoms with Crippen molar-refractivity contribution in [2.75, 3.05) is 0 Å². The predicted molar refractivity (Wildman–Crippen MR) is 69.7 cm³/mol. The molecular weight excluding hydrogens is 254 g/mol. The monoisotopic (exact) mass is 269 g/mol. The number of nitrogens with two attached hydrogens (primary N) is 1. The van der Waals surface area contributed by atoms with Crippen molar-refractivity contribution in [1.29, 1.82) is 0 Å². The Morgan fingerprint density at radius 2 is 2.06 bits per heavy atom. The van der Waals surface area contributed by atoms with Crippen LogP contribution in [0.5, 0.6) is 0 Å². The first-order valence-corrected chi connectivity index (χ1v) is 5.84. The Balaban J connectivity index is 3.27. The van der Waals surface area contributed by atoms with Crippen LogP contribution in [0.1, 0.15) is 42.8 Å². The Morgan fingerprint density at radius 3 is 2.50 bits per heavy atom. The van der Waals surface area contributed by atoms with E-state index in [1.54, 1.807) is 18.2 Å². The Bertz CT molecular complexity index is 466. The summed E-state index contributed by atoms with van der Waals surface area (Å²) in [4.78, 5) is 21.8. The van der Waals surface area contributed by atoms with Gasteiger partial charge in [0.15, 0.2) is 0 Å². The molecule has 98 valence electrons. The van der Waals surface area contributed by atoms with E-state index >= 15 is 0 Å². The van der Waals surface area contributed by atoms with Gasteiger partial charge >= 0.3 is 6.09 Å². The van der Waals surface area contributed by atoms with E-state index in [0.717, 1.165) is 0 Å². The van der Waals surface area contributed by atoms with E-state index in [4.69, 9.17) is 22.1 Å². The van der Waals surface area contributed by atoms with Crippen LogP contribution in [0, 0.1) is 5.41 Å². The number of hydrogen-bond acceptors (Lipinski definition) is 3. The highest BCUT2D eigenvalue weighted by Crippen LogP contribution is 2.39. The molecule has 0 aliphatic heterocycles. The fraction of sp³-hybridized carbons (Fsp3) is 0.385. The molecule has 0 aliphatic carbocycles. The number of ether oxygens (including phenoxy) is 1. The van der Waals surface area contributed by atoms with Gasteiger partial charge in [-0.2, -0.15) is 0 Å². The molecule has 0 aliphatic rings. The summed E-state index contributed by atoms with van der Waals surface area (Å²) in [5.41, 5.74) is 5.73. The molecule has 0 saturated heterocycles. The van der Waals surface area contributed by atoms with Gasteiger partial charge in [-0.1, -0.05) is 38.4 Å². The predicted octanol–water partition coefficient (Wildman–Crippen LogP) is 3.34. The molecule has 1 unspecified atom stereocenters. The van der Waals surface area contributed by atoms with Crippen molar-refractivity contribution < 1.29 is 14.3 Å². The highest BCUT2D eigenvalue weighted by Gasteiger charge is 2.31. The van der Waals surface area contributed by atoms with E-state index in [0.29, 0.717) is 22.4 Å². The Labute approximate surface area is 111 Å². The molecule has 1 rings (SSSR count). The number of aldehydes is 1. The van der Waals surface area contributed by atoms with Gasteiger partial charge in [0.2, 0.25) is 0 Å². The molecule has 0 spiro atoms. The van der Waals surface area contributed by atoms with Crippen LogP contribution in [-0.4, -0.2) is 12.4 Å². The molecule has 4 nitrogen and oxygen atoms in total. The quantitative estimate of drug-likeness (QED) is 0.856. The van der Waals surface area contributed by atoms with Gasteiger partial charge in [0, 0.05) is 21.6 Å². The van der Waals surface area contributed by atoms with Crippen LogP contribution in [0.2, 0.25) is 5.02 Å². The fourth-order valence-corrected chi connectivity index (χ4v) is 1.88. The van der Waals surface area contributed by atoms with E-state index in [1.807, 2.05) is 20.8 Å². The minimum absolute atomic E-state index is 0.389. The summed E-state index contributed by atoms with van der Waals surface area (Å²) in [5.74, 6) is 0. The Morgan fingerprint density at radius 1 is 1.44 bits per heavy atom. The lowest BCUT2D eigenvalue weighted by Crippen LogP contribution is -2.27. The highest BCUT2D eigenvalue weighted by atomic mass is 35.5. The van der Waals surface area contributed by atoms with Crippen LogP contribution in [0.3, 0.4) is 0 Å². The van der Waals surface area contributed by atoms with Crippen molar-refractivity contribution in [1.82, 2.24) is 0 Å². The summed E-state index contributed by atoms with van der Waals surface area (Å²) >= 11 is 6.09. The van der Waals surface area contributed by atoms with Crippen molar-refractivity contribution in [2.24, 2.45) is 11.1 Å². The average Bonchev–Trinajstić information content (AvgIpc) is 2.25. The molecule has 0 saturated carbocycles. The number of amides is 1. The highest BCUT2D eigenvalue weighted by molar-refractivity contribution is 6.31. The number of benzene rings is 1. The lowest BCUT2D eigenvalue weighted by molar-refractivity contribution is 0.0360. The molecular formula is C13H16ClNO3. The number of hydrogen-bond donors (Lipinski definition) is 1. The molecule has 0 bridgehead atoms. The lowest BCUT2D eigenvalue weighted by atomic mass is 9.84. The molecule has 5 heteroatoms. The fourth-order valence-electron chi connectivity index (χ4n) is 1.66. The summed E-state index contributed by atoms with van der Waals surface area (Å²) in [7, 11) is 0. The molecule has 18 heavy (non-hydrogen) atoms. The van der Waals surface area contributed by atoms with Crippen molar-refractivity contribution in [2.45, 2.75) is 26.9 Å². The number of primary amides is 1. The smallest absolute Gasteiger partial charge is 0.405 e. The largest absolute Gasteiger partial charge is 0.441 e. The molecule has 0 aromatic heterocycles. The lowest BCUT2D eigenvalue weighted by Gasteiger charge is -2.30. The van der Waals surface area contributed by atoms with Gasteiger partial charge in [-0.25, -0.2) is 4.79 Å². The first kappa shape index (κ1) is 14.5. The van der Waals surface area contributed by atoms with Gasteiger partial charge in [-0.05, 0) is 12.1 Å². The molecule has 2 N–H and O–H groups in total. The zero-order valence-electron chi connectivity index (χ0n) is 10.6. The van der Waals surface area contributed by atoms with Gasteiger partial charge < -0.3 is 10.5 Å². The number of rotatable bonds is 3. The van der Waals surface area contributed by atoms with E-state index in [1.165, 1.54) is 0 Å². The topological polar surface area (TPSA) is 69.4 Å². The van der Waals surface area contributed by atoms with Gasteiger partial charge in [0.25, 0.3) is 0 Å². The zero-order valence-corrected chi connectivity index (χ0v) is 11.3. The van der Waals surface area contributed by atoms with Crippen LogP contribution in [0.25, 0.3) is 0 Å². The average molecular weight is 270 g/mol. The van der Waals surface area contributed by atoms with Crippen molar-refractivity contribution in [3.63, 3.8) is 0 Å². The maximum Gasteiger partial charge on any atom is 0.405 e. The summed E-state index contributed by atoms with van der Waals surface area (Å²) in [5, 5.41) is 0.432. The molecule has 1 atom stereocenters. The number of carbonyl (C=O) groups is 2. The second-order valence-corrected chi connectivity index (χ2v) is 5.49. The van der Waals surface area contributed by atoms with Crippen molar-refractivity contribution >= 4 is 24.0 Å². The third kappa shape index (κ3) is 3.47. The van der Waals surface area contributed by atoms with Crippen LogP contribution in [0.15, 0.2) is 18.2 Å².